The number of nitrogens with one attached hydrogen (secondary N) is 1. The zero-order valence-corrected chi connectivity index (χ0v) is 12.2. The minimum absolute atomic E-state index is 0.361. The Bertz CT molecular complexity index is 512. The van der Waals surface area contributed by atoms with Gasteiger partial charge in [0.2, 0.25) is 15.9 Å². The van der Waals surface area contributed by atoms with Gasteiger partial charge in [-0.05, 0) is 32.2 Å². The fourth-order valence-electron chi connectivity index (χ4n) is 2.36. The molecule has 6 nitrogen and oxygen atoms in total. The molecule has 0 aliphatic carbocycles. The van der Waals surface area contributed by atoms with Gasteiger partial charge in [0, 0.05) is 13.1 Å². The Hall–Kier alpha value is -0.920. The Kier molecular flexibility index (Phi) is 4.59. The van der Waals surface area contributed by atoms with Gasteiger partial charge in [0.05, 0.1) is 19.0 Å². The van der Waals surface area contributed by atoms with Crippen molar-refractivity contribution in [1.82, 2.24) is 14.6 Å². The minimum atomic E-state index is -3.06. The topological polar surface area (TPSA) is 75.4 Å². The van der Waals surface area contributed by atoms with Crippen LogP contribution in [0.15, 0.2) is 10.6 Å². The lowest BCUT2D eigenvalue weighted by Crippen LogP contribution is -2.42. The van der Waals surface area contributed by atoms with Gasteiger partial charge in [-0.2, -0.15) is 0 Å². The molecule has 1 aromatic heterocycles. The molecule has 1 atom stereocenters. The summed E-state index contributed by atoms with van der Waals surface area (Å²) in [5, 5.41) is 3.28. The second-order valence-electron chi connectivity index (χ2n) is 5.12. The lowest BCUT2D eigenvalue weighted by atomic mass is 10.00. The molecule has 2 heterocycles. The molecule has 0 saturated carbocycles. The second kappa shape index (κ2) is 6.02. The highest BCUT2D eigenvalue weighted by molar-refractivity contribution is 7.88. The molecule has 1 saturated heterocycles. The van der Waals surface area contributed by atoms with Gasteiger partial charge in [0.15, 0.2) is 0 Å². The maximum atomic E-state index is 11.5. The second-order valence-corrected chi connectivity index (χ2v) is 7.11. The first-order valence-electron chi connectivity index (χ1n) is 6.52. The van der Waals surface area contributed by atoms with E-state index in [4.69, 9.17) is 4.42 Å². The number of piperidine rings is 1. The summed E-state index contributed by atoms with van der Waals surface area (Å²) >= 11 is 0. The molecule has 1 fully saturated rings. The van der Waals surface area contributed by atoms with E-state index in [-0.39, 0.29) is 0 Å². The molecular weight excluding hydrogens is 266 g/mol. The highest BCUT2D eigenvalue weighted by atomic mass is 32.2. The van der Waals surface area contributed by atoms with E-state index in [1.807, 2.05) is 6.92 Å². The number of oxazole rings is 1. The summed E-state index contributed by atoms with van der Waals surface area (Å²) < 4.78 is 30.0. The van der Waals surface area contributed by atoms with Crippen molar-refractivity contribution in [3.05, 3.63) is 17.8 Å². The molecule has 19 heavy (non-hydrogen) atoms. The third-order valence-electron chi connectivity index (χ3n) is 3.33. The van der Waals surface area contributed by atoms with Crippen molar-refractivity contribution < 1.29 is 12.8 Å². The van der Waals surface area contributed by atoms with Crippen molar-refractivity contribution in [2.75, 3.05) is 25.9 Å². The number of sulfonamides is 1. The van der Waals surface area contributed by atoms with Crippen LogP contribution < -0.4 is 5.32 Å². The van der Waals surface area contributed by atoms with Crippen LogP contribution in [0.2, 0.25) is 0 Å². The average Bonchev–Trinajstić information content (AvgIpc) is 2.74. The van der Waals surface area contributed by atoms with Crippen molar-refractivity contribution in [2.24, 2.45) is 5.92 Å². The van der Waals surface area contributed by atoms with Crippen molar-refractivity contribution in [2.45, 2.75) is 26.3 Å². The Balaban J connectivity index is 1.77. The van der Waals surface area contributed by atoms with Crippen molar-refractivity contribution in [3.63, 3.8) is 0 Å². The molecule has 0 spiro atoms. The van der Waals surface area contributed by atoms with Crippen LogP contribution in [0.25, 0.3) is 0 Å². The van der Waals surface area contributed by atoms with E-state index in [2.05, 4.69) is 10.3 Å². The van der Waals surface area contributed by atoms with Crippen LogP contribution in [0.4, 0.5) is 0 Å². The molecule has 2 rings (SSSR count). The summed E-state index contributed by atoms with van der Waals surface area (Å²) in [4.78, 5) is 4.12. The molecule has 7 heteroatoms. The maximum Gasteiger partial charge on any atom is 0.211 e. The number of hydrogen-bond donors (Lipinski definition) is 1. The van der Waals surface area contributed by atoms with E-state index >= 15 is 0 Å². The Morgan fingerprint density at radius 2 is 2.37 bits per heavy atom. The highest BCUT2D eigenvalue weighted by Gasteiger charge is 2.25. The predicted molar refractivity (Wildman–Crippen MR) is 72.1 cm³/mol. The first-order valence-corrected chi connectivity index (χ1v) is 8.37. The third kappa shape index (κ3) is 4.29. The molecule has 0 bridgehead atoms. The molecule has 1 N–H and O–H groups in total. The molecular formula is C12H21N3O3S. The Labute approximate surface area is 114 Å². The van der Waals surface area contributed by atoms with Crippen LogP contribution in [0.1, 0.15) is 24.5 Å². The minimum Gasteiger partial charge on any atom is -0.445 e. The number of aryl methyl sites for hydroxylation is 1. The van der Waals surface area contributed by atoms with Crippen molar-refractivity contribution >= 4 is 10.0 Å². The number of hydrogen-bond acceptors (Lipinski definition) is 5. The standard InChI is InChI=1S/C12H21N3O3S/c1-10-6-14-12(18-10)8-13-7-11-4-3-5-15(9-11)19(2,16)17/h6,11,13H,3-5,7-9H2,1-2H3. The quantitative estimate of drug-likeness (QED) is 0.864. The zero-order valence-electron chi connectivity index (χ0n) is 11.4. The summed E-state index contributed by atoms with van der Waals surface area (Å²) in [5.41, 5.74) is 0. The van der Waals surface area contributed by atoms with Crippen molar-refractivity contribution in [1.29, 1.82) is 0 Å². The van der Waals surface area contributed by atoms with Gasteiger partial charge in [0.25, 0.3) is 0 Å². The smallest absolute Gasteiger partial charge is 0.211 e. The Morgan fingerprint density at radius 1 is 1.58 bits per heavy atom. The summed E-state index contributed by atoms with van der Waals surface area (Å²) in [7, 11) is -3.06. The largest absolute Gasteiger partial charge is 0.445 e. The molecule has 0 radical (unpaired) electrons. The summed E-state index contributed by atoms with van der Waals surface area (Å²) in [6.07, 6.45) is 4.96. The van der Waals surface area contributed by atoms with Crippen LogP contribution in [0.5, 0.6) is 0 Å². The first-order chi connectivity index (χ1) is 8.95. The monoisotopic (exact) mass is 287 g/mol. The summed E-state index contributed by atoms with van der Waals surface area (Å²) in [6, 6.07) is 0. The molecule has 1 aromatic rings. The first kappa shape index (κ1) is 14.5. The fraction of sp³-hybridized carbons (Fsp3) is 0.750. The normalized spacial score (nSPS) is 21.7. The van der Waals surface area contributed by atoms with E-state index in [1.54, 1.807) is 10.5 Å². The van der Waals surface area contributed by atoms with E-state index in [0.717, 1.165) is 25.1 Å². The Morgan fingerprint density at radius 3 is 3.00 bits per heavy atom. The summed E-state index contributed by atoms with van der Waals surface area (Å²) in [5.74, 6) is 1.84. The number of nitrogens with zero attached hydrogens (tertiary/aromatic N) is 2. The molecule has 0 aromatic carbocycles. The maximum absolute atomic E-state index is 11.5. The van der Waals surface area contributed by atoms with E-state index in [9.17, 15) is 8.42 Å². The van der Waals surface area contributed by atoms with Gasteiger partial charge in [-0.15, -0.1) is 0 Å². The molecule has 1 aliphatic rings. The molecule has 1 aliphatic heterocycles. The van der Waals surface area contributed by atoms with Crippen LogP contribution in [0.3, 0.4) is 0 Å². The van der Waals surface area contributed by atoms with Crippen LogP contribution in [0, 0.1) is 12.8 Å². The van der Waals surface area contributed by atoms with Gasteiger partial charge in [0.1, 0.15) is 5.76 Å². The molecule has 0 amide bonds. The lowest BCUT2D eigenvalue weighted by molar-refractivity contribution is 0.259. The van der Waals surface area contributed by atoms with E-state index in [0.29, 0.717) is 31.4 Å². The van der Waals surface area contributed by atoms with Crippen LogP contribution in [-0.2, 0) is 16.6 Å². The number of rotatable bonds is 5. The van der Waals surface area contributed by atoms with Crippen molar-refractivity contribution in [3.8, 4) is 0 Å². The molecule has 108 valence electrons. The van der Waals surface area contributed by atoms with Gasteiger partial charge in [-0.1, -0.05) is 0 Å². The highest BCUT2D eigenvalue weighted by Crippen LogP contribution is 2.18. The van der Waals surface area contributed by atoms with Gasteiger partial charge in [-0.25, -0.2) is 17.7 Å². The SMILES string of the molecule is Cc1cnc(CNCC2CCCN(S(C)(=O)=O)C2)o1. The average molecular weight is 287 g/mol. The van der Waals surface area contributed by atoms with Gasteiger partial charge < -0.3 is 9.73 Å². The molecule has 1 unspecified atom stereocenters. The van der Waals surface area contributed by atoms with Crippen LogP contribution in [-0.4, -0.2) is 43.6 Å². The van der Waals surface area contributed by atoms with E-state index < -0.39 is 10.0 Å². The number of aromatic nitrogens is 1. The lowest BCUT2D eigenvalue weighted by Gasteiger charge is -2.30. The predicted octanol–water partition coefficient (Wildman–Crippen LogP) is 0.744. The van der Waals surface area contributed by atoms with E-state index in [1.165, 1.54) is 6.26 Å². The van der Waals surface area contributed by atoms with Gasteiger partial charge in [-0.3, -0.25) is 0 Å². The fourth-order valence-corrected chi connectivity index (χ4v) is 3.30. The van der Waals surface area contributed by atoms with Crippen LogP contribution >= 0.6 is 0 Å². The zero-order chi connectivity index (χ0) is 13.9. The third-order valence-corrected chi connectivity index (χ3v) is 4.60. The summed E-state index contributed by atoms with van der Waals surface area (Å²) in [6.45, 7) is 4.49. The van der Waals surface area contributed by atoms with Gasteiger partial charge >= 0.3 is 0 Å².